The molecule has 3 rings (SSSR count). The van der Waals surface area contributed by atoms with Crippen LogP contribution in [0.3, 0.4) is 0 Å². The normalized spacial score (nSPS) is 11.5. The van der Waals surface area contributed by atoms with Crippen molar-refractivity contribution < 1.29 is 28.3 Å². The van der Waals surface area contributed by atoms with Crippen LogP contribution in [0.4, 0.5) is 10.1 Å². The van der Waals surface area contributed by atoms with E-state index >= 15 is 0 Å². The van der Waals surface area contributed by atoms with E-state index in [0.717, 1.165) is 22.9 Å². The number of hydrogen-bond donors (Lipinski definition) is 3. The monoisotopic (exact) mass is 479 g/mol. The zero-order valence-electron chi connectivity index (χ0n) is 19.2. The predicted molar refractivity (Wildman–Crippen MR) is 129 cm³/mol. The molecule has 0 aliphatic heterocycles. The third kappa shape index (κ3) is 6.48. The minimum Gasteiger partial charge on any atom is -0.467 e. The molecule has 0 saturated heterocycles. The smallest absolute Gasteiger partial charge is 0.328 e. The Bertz CT molecular complexity index is 1260. The second-order valence-electron chi connectivity index (χ2n) is 7.87. The van der Waals surface area contributed by atoms with Crippen molar-refractivity contribution in [3.8, 4) is 0 Å². The highest BCUT2D eigenvalue weighted by atomic mass is 19.1. The number of carbonyl (C=O) groups excluding carboxylic acids is 4. The van der Waals surface area contributed by atoms with E-state index in [-0.39, 0.29) is 17.7 Å². The molecule has 0 aromatic heterocycles. The highest BCUT2D eigenvalue weighted by Crippen LogP contribution is 2.21. The second kappa shape index (κ2) is 11.8. The Hall–Kier alpha value is -4.11. The van der Waals surface area contributed by atoms with Crippen LogP contribution in [0.25, 0.3) is 10.8 Å². The van der Waals surface area contributed by atoms with Crippen molar-refractivity contribution in [3.63, 3.8) is 0 Å². The molecule has 9 heteroatoms. The summed E-state index contributed by atoms with van der Waals surface area (Å²) in [6, 6.07) is 14.6. The van der Waals surface area contributed by atoms with Gasteiger partial charge >= 0.3 is 5.97 Å². The first kappa shape index (κ1) is 25.5. The number of methoxy groups -OCH3 is 1. The first-order valence-electron chi connectivity index (χ1n) is 11.1. The lowest BCUT2D eigenvalue weighted by molar-refractivity contribution is -0.144. The summed E-state index contributed by atoms with van der Waals surface area (Å²) in [5.41, 5.74) is 5.40. The fraction of sp³-hybridized carbons (Fsp3) is 0.231. The molecular formula is C26H26FN3O5. The van der Waals surface area contributed by atoms with E-state index in [1.54, 1.807) is 18.2 Å². The maximum Gasteiger partial charge on any atom is 0.328 e. The topological polar surface area (TPSA) is 128 Å². The summed E-state index contributed by atoms with van der Waals surface area (Å²) < 4.78 is 18.7. The zero-order chi connectivity index (χ0) is 25.4. The number of hydrogen-bond acceptors (Lipinski definition) is 6. The van der Waals surface area contributed by atoms with Gasteiger partial charge in [-0.2, -0.15) is 0 Å². The number of carbonyl (C=O) groups is 4. The Labute approximate surface area is 201 Å². The van der Waals surface area contributed by atoms with Gasteiger partial charge in [0, 0.05) is 5.56 Å². The maximum atomic E-state index is 14.0. The standard InChI is InChI=1S/C26H26FN3O5/c1-35-26(34)22(8-4-5-13-28)30-25(33)23(31)20-15-19(27)11-12-21(20)29-24(32)18-10-9-16-6-2-3-7-17(16)14-18/h2-3,6-7,9-12,14-15,22H,4-5,8,13,28H2,1H3,(H,29,32)(H,30,33)/t22-/m0/s1. The molecule has 0 bridgehead atoms. The van der Waals surface area contributed by atoms with Crippen LogP contribution >= 0.6 is 0 Å². The number of halogens is 1. The molecule has 4 N–H and O–H groups in total. The van der Waals surface area contributed by atoms with E-state index in [1.807, 2.05) is 24.3 Å². The summed E-state index contributed by atoms with van der Waals surface area (Å²) in [4.78, 5) is 50.4. The van der Waals surface area contributed by atoms with E-state index < -0.39 is 35.4 Å². The van der Waals surface area contributed by atoms with Gasteiger partial charge in [0.15, 0.2) is 0 Å². The van der Waals surface area contributed by atoms with Gasteiger partial charge in [-0.1, -0.05) is 30.3 Å². The SMILES string of the molecule is COC(=O)[C@H](CCCCN)NC(=O)C(=O)c1cc(F)ccc1NC(=O)c1ccc2ccccc2c1. The number of nitrogens with one attached hydrogen (secondary N) is 2. The van der Waals surface area contributed by atoms with Gasteiger partial charge in [0.05, 0.1) is 18.4 Å². The average Bonchev–Trinajstić information content (AvgIpc) is 2.87. The van der Waals surface area contributed by atoms with Crippen LogP contribution in [0.5, 0.6) is 0 Å². The van der Waals surface area contributed by atoms with Gasteiger partial charge in [-0.15, -0.1) is 0 Å². The minimum absolute atomic E-state index is 0.0394. The van der Waals surface area contributed by atoms with Crippen LogP contribution in [-0.2, 0) is 14.3 Å². The molecule has 0 saturated carbocycles. The lowest BCUT2D eigenvalue weighted by Gasteiger charge is -2.16. The van der Waals surface area contributed by atoms with Gasteiger partial charge in [-0.05, 0) is 66.9 Å². The summed E-state index contributed by atoms with van der Waals surface area (Å²) in [5, 5.41) is 6.70. The van der Waals surface area contributed by atoms with Crippen molar-refractivity contribution in [2.75, 3.05) is 19.0 Å². The number of fused-ring (bicyclic) bond motifs is 1. The Balaban J connectivity index is 1.80. The molecule has 0 aliphatic carbocycles. The van der Waals surface area contributed by atoms with Gasteiger partial charge in [0.25, 0.3) is 17.6 Å². The molecule has 0 radical (unpaired) electrons. The number of ketones is 1. The Morgan fingerprint density at radius 2 is 1.71 bits per heavy atom. The first-order chi connectivity index (χ1) is 16.8. The lowest BCUT2D eigenvalue weighted by Crippen LogP contribution is -2.44. The summed E-state index contributed by atoms with van der Waals surface area (Å²) in [5.74, 6) is -4.25. The van der Waals surface area contributed by atoms with Crippen LogP contribution in [0.2, 0.25) is 0 Å². The van der Waals surface area contributed by atoms with Crippen molar-refractivity contribution in [1.29, 1.82) is 0 Å². The third-order valence-corrected chi connectivity index (χ3v) is 5.43. The number of ether oxygens (including phenoxy) is 1. The van der Waals surface area contributed by atoms with E-state index in [9.17, 15) is 23.6 Å². The molecule has 0 unspecified atom stereocenters. The van der Waals surface area contributed by atoms with Crippen molar-refractivity contribution in [3.05, 3.63) is 77.6 Å². The molecule has 3 aromatic carbocycles. The second-order valence-corrected chi connectivity index (χ2v) is 7.87. The van der Waals surface area contributed by atoms with Gasteiger partial charge in [0.2, 0.25) is 0 Å². The molecule has 8 nitrogen and oxygen atoms in total. The van der Waals surface area contributed by atoms with E-state index in [4.69, 9.17) is 10.5 Å². The quantitative estimate of drug-likeness (QED) is 0.177. The fourth-order valence-corrected chi connectivity index (χ4v) is 3.57. The lowest BCUT2D eigenvalue weighted by atomic mass is 10.0. The summed E-state index contributed by atoms with van der Waals surface area (Å²) >= 11 is 0. The van der Waals surface area contributed by atoms with Gasteiger partial charge in [0.1, 0.15) is 11.9 Å². The van der Waals surface area contributed by atoms with Crippen LogP contribution in [0.1, 0.15) is 40.0 Å². The number of rotatable bonds is 10. The molecular weight excluding hydrogens is 453 g/mol. The highest BCUT2D eigenvalue weighted by molar-refractivity contribution is 6.44. The van der Waals surface area contributed by atoms with Crippen LogP contribution in [-0.4, -0.2) is 43.3 Å². The summed E-state index contributed by atoms with van der Waals surface area (Å²) in [6.07, 6.45) is 1.36. The molecule has 1 atom stereocenters. The number of benzene rings is 3. The van der Waals surface area contributed by atoms with Crippen LogP contribution < -0.4 is 16.4 Å². The minimum atomic E-state index is -1.13. The van der Waals surface area contributed by atoms with Crippen molar-refractivity contribution in [2.45, 2.75) is 25.3 Å². The molecule has 0 aliphatic rings. The zero-order valence-corrected chi connectivity index (χ0v) is 19.2. The number of amides is 2. The molecule has 0 heterocycles. The van der Waals surface area contributed by atoms with E-state index in [2.05, 4.69) is 10.6 Å². The Morgan fingerprint density at radius 1 is 0.971 bits per heavy atom. The molecule has 0 fully saturated rings. The van der Waals surface area contributed by atoms with Gasteiger partial charge in [-0.3, -0.25) is 14.4 Å². The first-order valence-corrected chi connectivity index (χ1v) is 11.1. The highest BCUT2D eigenvalue weighted by Gasteiger charge is 2.27. The number of Topliss-reactive ketones (excluding diaryl/α,β-unsaturated/α-hetero) is 1. The largest absolute Gasteiger partial charge is 0.467 e. The molecule has 0 spiro atoms. The Kier molecular flexibility index (Phi) is 8.63. The summed E-state index contributed by atoms with van der Waals surface area (Å²) in [7, 11) is 1.17. The number of unbranched alkanes of at least 4 members (excludes halogenated alkanes) is 1. The Morgan fingerprint density at radius 3 is 2.43 bits per heavy atom. The van der Waals surface area contributed by atoms with Gasteiger partial charge in [-0.25, -0.2) is 9.18 Å². The van der Waals surface area contributed by atoms with Crippen molar-refractivity contribution in [2.24, 2.45) is 5.73 Å². The number of esters is 1. The predicted octanol–water partition coefficient (Wildman–Crippen LogP) is 3.20. The van der Waals surface area contributed by atoms with E-state index in [1.165, 1.54) is 13.2 Å². The average molecular weight is 480 g/mol. The fourth-order valence-electron chi connectivity index (χ4n) is 3.57. The third-order valence-electron chi connectivity index (χ3n) is 5.43. The van der Waals surface area contributed by atoms with Crippen molar-refractivity contribution >= 4 is 40.0 Å². The number of nitrogens with two attached hydrogens (primary N) is 1. The maximum absolute atomic E-state index is 14.0. The van der Waals surface area contributed by atoms with Gasteiger partial charge < -0.3 is 21.1 Å². The summed E-state index contributed by atoms with van der Waals surface area (Å²) in [6.45, 7) is 0.407. The van der Waals surface area contributed by atoms with Crippen LogP contribution in [0.15, 0.2) is 60.7 Å². The van der Waals surface area contributed by atoms with E-state index in [0.29, 0.717) is 24.9 Å². The molecule has 2 amide bonds. The molecule has 35 heavy (non-hydrogen) atoms. The van der Waals surface area contributed by atoms with Crippen LogP contribution in [0, 0.1) is 5.82 Å². The molecule has 3 aromatic rings. The molecule has 182 valence electrons. The van der Waals surface area contributed by atoms with Crippen molar-refractivity contribution in [1.82, 2.24) is 5.32 Å². The number of anilines is 1.